The van der Waals surface area contributed by atoms with Gasteiger partial charge in [-0.3, -0.25) is 4.79 Å². The van der Waals surface area contributed by atoms with Crippen LogP contribution >= 0.6 is 11.8 Å². The second kappa shape index (κ2) is 9.83. The molecule has 1 rings (SSSR count). The van der Waals surface area contributed by atoms with Crippen molar-refractivity contribution in [3.05, 3.63) is 35.9 Å². The highest BCUT2D eigenvalue weighted by Crippen LogP contribution is 2.23. The highest BCUT2D eigenvalue weighted by atomic mass is 32.2. The number of hydrogen-bond donors (Lipinski definition) is 2. The van der Waals surface area contributed by atoms with Crippen LogP contribution in [0.5, 0.6) is 0 Å². The molecule has 4 heteroatoms. The Morgan fingerprint density at radius 1 is 1.20 bits per heavy atom. The zero-order valence-electron chi connectivity index (χ0n) is 12.7. The molecular formula is C16H26N2OS. The van der Waals surface area contributed by atoms with Crippen LogP contribution in [0.3, 0.4) is 0 Å². The monoisotopic (exact) mass is 294 g/mol. The van der Waals surface area contributed by atoms with E-state index in [1.165, 1.54) is 5.56 Å². The Morgan fingerprint density at radius 2 is 1.90 bits per heavy atom. The molecule has 0 bridgehead atoms. The Hall–Kier alpha value is -1.00. The lowest BCUT2D eigenvalue weighted by Crippen LogP contribution is -2.39. The molecule has 0 fully saturated rings. The summed E-state index contributed by atoms with van der Waals surface area (Å²) in [6.45, 7) is 8.73. The molecule has 0 radical (unpaired) electrons. The lowest BCUT2D eigenvalue weighted by molar-refractivity contribution is -0.121. The molecule has 0 aromatic heterocycles. The largest absolute Gasteiger partial charge is 0.354 e. The van der Waals surface area contributed by atoms with Crippen LogP contribution in [-0.4, -0.2) is 30.8 Å². The van der Waals surface area contributed by atoms with Gasteiger partial charge in [-0.15, -0.1) is 11.8 Å². The van der Waals surface area contributed by atoms with E-state index in [2.05, 4.69) is 43.5 Å². The highest BCUT2D eigenvalue weighted by Gasteiger charge is 2.22. The third kappa shape index (κ3) is 6.44. The Bertz CT molecular complexity index is 381. The lowest BCUT2D eigenvalue weighted by Gasteiger charge is -2.20. The molecule has 0 aliphatic rings. The zero-order chi connectivity index (χ0) is 14.8. The van der Waals surface area contributed by atoms with Gasteiger partial charge in [0.25, 0.3) is 0 Å². The van der Waals surface area contributed by atoms with E-state index in [1.54, 1.807) is 11.8 Å². The van der Waals surface area contributed by atoms with E-state index in [1.807, 2.05) is 18.2 Å². The minimum Gasteiger partial charge on any atom is -0.354 e. The maximum atomic E-state index is 12.2. The van der Waals surface area contributed by atoms with Gasteiger partial charge < -0.3 is 10.6 Å². The van der Waals surface area contributed by atoms with Crippen molar-refractivity contribution in [2.75, 3.05) is 19.6 Å². The Kier molecular flexibility index (Phi) is 8.38. The molecule has 1 unspecified atom stereocenters. The maximum Gasteiger partial charge on any atom is 0.233 e. The van der Waals surface area contributed by atoms with E-state index >= 15 is 0 Å². The third-order valence-electron chi connectivity index (χ3n) is 2.99. The summed E-state index contributed by atoms with van der Waals surface area (Å²) in [6.07, 6.45) is 0. The topological polar surface area (TPSA) is 41.1 Å². The molecule has 112 valence electrons. The van der Waals surface area contributed by atoms with E-state index in [9.17, 15) is 4.79 Å². The molecular weight excluding hydrogens is 268 g/mol. The van der Waals surface area contributed by atoms with Crippen molar-refractivity contribution < 1.29 is 4.79 Å². The van der Waals surface area contributed by atoms with Gasteiger partial charge in [-0.1, -0.05) is 51.1 Å². The normalized spacial score (nSPS) is 12.4. The van der Waals surface area contributed by atoms with Crippen LogP contribution in [0.15, 0.2) is 30.3 Å². The molecule has 0 aliphatic carbocycles. The van der Waals surface area contributed by atoms with Gasteiger partial charge in [0.05, 0.1) is 5.25 Å². The summed E-state index contributed by atoms with van der Waals surface area (Å²) < 4.78 is 0. The van der Waals surface area contributed by atoms with E-state index in [4.69, 9.17) is 0 Å². The quantitative estimate of drug-likeness (QED) is 0.688. The summed E-state index contributed by atoms with van der Waals surface area (Å²) in [7, 11) is 0. The Labute approximate surface area is 126 Å². The standard InChI is InChI=1S/C16H26N2OS/c1-4-17-10-11-18-16(19)15(13(2)3)20-12-14-8-6-5-7-9-14/h5-9,13,15,17H,4,10-12H2,1-3H3,(H,18,19). The second-order valence-corrected chi connectivity index (χ2v) is 6.24. The van der Waals surface area contributed by atoms with Gasteiger partial charge in [-0.25, -0.2) is 0 Å². The van der Waals surface area contributed by atoms with Crippen molar-refractivity contribution in [2.24, 2.45) is 5.92 Å². The average Bonchev–Trinajstić information content (AvgIpc) is 2.44. The first-order chi connectivity index (χ1) is 9.65. The molecule has 20 heavy (non-hydrogen) atoms. The van der Waals surface area contributed by atoms with Crippen LogP contribution in [0.2, 0.25) is 0 Å². The molecule has 0 saturated heterocycles. The first kappa shape index (κ1) is 17.1. The molecule has 1 aromatic rings. The first-order valence-corrected chi connectivity index (χ1v) is 8.34. The molecule has 0 saturated carbocycles. The number of nitrogens with one attached hydrogen (secondary N) is 2. The van der Waals surface area contributed by atoms with Gasteiger partial charge >= 0.3 is 0 Å². The Morgan fingerprint density at radius 3 is 2.50 bits per heavy atom. The molecule has 1 amide bonds. The number of likely N-dealkylation sites (N-methyl/N-ethyl adjacent to an activating group) is 1. The molecule has 0 spiro atoms. The van der Waals surface area contributed by atoms with Crippen LogP contribution in [0, 0.1) is 5.92 Å². The molecule has 0 heterocycles. The summed E-state index contributed by atoms with van der Waals surface area (Å²) in [5, 5.41) is 6.23. The van der Waals surface area contributed by atoms with Gasteiger partial charge in [0.2, 0.25) is 5.91 Å². The number of carbonyl (C=O) groups excluding carboxylic acids is 1. The van der Waals surface area contributed by atoms with E-state index < -0.39 is 0 Å². The Balaban J connectivity index is 2.41. The van der Waals surface area contributed by atoms with Gasteiger partial charge in [0, 0.05) is 18.8 Å². The molecule has 3 nitrogen and oxygen atoms in total. The average molecular weight is 294 g/mol. The smallest absolute Gasteiger partial charge is 0.233 e. The fourth-order valence-electron chi connectivity index (χ4n) is 1.88. The number of amides is 1. The van der Waals surface area contributed by atoms with Crippen LogP contribution in [0.25, 0.3) is 0 Å². The summed E-state index contributed by atoms with van der Waals surface area (Å²) in [6, 6.07) is 10.3. The fraction of sp³-hybridized carbons (Fsp3) is 0.562. The SMILES string of the molecule is CCNCCNC(=O)C(SCc1ccccc1)C(C)C. The number of rotatable bonds is 9. The van der Waals surface area contributed by atoms with E-state index in [0.29, 0.717) is 12.5 Å². The highest BCUT2D eigenvalue weighted by molar-refractivity contribution is 7.99. The van der Waals surface area contributed by atoms with Crippen LogP contribution in [0.4, 0.5) is 0 Å². The van der Waals surface area contributed by atoms with E-state index in [0.717, 1.165) is 18.8 Å². The minimum absolute atomic E-state index is 0.0110. The van der Waals surface area contributed by atoms with Gasteiger partial charge in [-0.05, 0) is 18.0 Å². The van der Waals surface area contributed by atoms with Gasteiger partial charge in [0.1, 0.15) is 0 Å². The first-order valence-electron chi connectivity index (χ1n) is 7.29. The minimum atomic E-state index is 0.0110. The van der Waals surface area contributed by atoms with Crippen molar-refractivity contribution in [3.8, 4) is 0 Å². The lowest BCUT2D eigenvalue weighted by atomic mass is 10.1. The van der Waals surface area contributed by atoms with Crippen LogP contribution in [-0.2, 0) is 10.5 Å². The predicted molar refractivity (Wildman–Crippen MR) is 87.9 cm³/mol. The van der Waals surface area contributed by atoms with Crippen LogP contribution in [0.1, 0.15) is 26.3 Å². The molecule has 1 atom stereocenters. The predicted octanol–water partition coefficient (Wildman–Crippen LogP) is 2.67. The van der Waals surface area contributed by atoms with Crippen molar-refractivity contribution in [1.29, 1.82) is 0 Å². The molecule has 1 aromatic carbocycles. The van der Waals surface area contributed by atoms with Gasteiger partial charge in [-0.2, -0.15) is 0 Å². The molecule has 2 N–H and O–H groups in total. The third-order valence-corrected chi connectivity index (χ3v) is 4.60. The zero-order valence-corrected chi connectivity index (χ0v) is 13.5. The summed E-state index contributed by atoms with van der Waals surface area (Å²) in [5.41, 5.74) is 1.27. The number of benzene rings is 1. The maximum absolute atomic E-state index is 12.2. The fourth-order valence-corrected chi connectivity index (χ4v) is 3.07. The van der Waals surface area contributed by atoms with Crippen LogP contribution < -0.4 is 10.6 Å². The van der Waals surface area contributed by atoms with Crippen molar-refractivity contribution in [3.63, 3.8) is 0 Å². The summed E-state index contributed by atoms with van der Waals surface area (Å²) in [4.78, 5) is 12.2. The summed E-state index contributed by atoms with van der Waals surface area (Å²) in [5.74, 6) is 1.37. The summed E-state index contributed by atoms with van der Waals surface area (Å²) >= 11 is 1.72. The number of carbonyl (C=O) groups is 1. The van der Waals surface area contributed by atoms with E-state index in [-0.39, 0.29) is 11.2 Å². The second-order valence-electron chi connectivity index (χ2n) is 5.11. The van der Waals surface area contributed by atoms with Crippen molar-refractivity contribution in [1.82, 2.24) is 10.6 Å². The van der Waals surface area contributed by atoms with Gasteiger partial charge in [0.15, 0.2) is 0 Å². The number of thioether (sulfide) groups is 1. The molecule has 0 aliphatic heterocycles. The number of hydrogen-bond acceptors (Lipinski definition) is 3. The van der Waals surface area contributed by atoms with Crippen molar-refractivity contribution >= 4 is 17.7 Å². The van der Waals surface area contributed by atoms with Crippen molar-refractivity contribution in [2.45, 2.75) is 31.8 Å².